The zero-order valence-corrected chi connectivity index (χ0v) is 17.2. The standard InChI is InChI=1S/C20H29FN6O2/c1-14(2)12-26-7-8-29-18(13-26)11-22-20(28)19(27-15(3)23-24-25-27)10-16-5-4-6-17(21)9-16/h4-6,9,14,18-19H,7-8,10-13H2,1-3H3,(H,22,28). The van der Waals surface area contributed by atoms with Gasteiger partial charge in [0.2, 0.25) is 5.91 Å². The average Bonchev–Trinajstić information content (AvgIpc) is 3.10. The van der Waals surface area contributed by atoms with Gasteiger partial charge in [0.15, 0.2) is 0 Å². The van der Waals surface area contributed by atoms with Crippen LogP contribution in [0.15, 0.2) is 24.3 Å². The van der Waals surface area contributed by atoms with Crippen LogP contribution in [0.3, 0.4) is 0 Å². The largest absolute Gasteiger partial charge is 0.374 e. The minimum Gasteiger partial charge on any atom is -0.374 e. The number of ether oxygens (including phenoxy) is 1. The van der Waals surface area contributed by atoms with Crippen molar-refractivity contribution in [1.29, 1.82) is 0 Å². The van der Waals surface area contributed by atoms with Gasteiger partial charge in [0.1, 0.15) is 17.7 Å². The van der Waals surface area contributed by atoms with Crippen LogP contribution in [0.1, 0.15) is 31.3 Å². The van der Waals surface area contributed by atoms with Gasteiger partial charge in [-0.05, 0) is 41.0 Å². The van der Waals surface area contributed by atoms with Gasteiger partial charge in [-0.2, -0.15) is 0 Å². The number of nitrogens with zero attached hydrogens (tertiary/aromatic N) is 5. The summed E-state index contributed by atoms with van der Waals surface area (Å²) in [6.45, 7) is 9.90. The Labute approximate surface area is 170 Å². The van der Waals surface area contributed by atoms with E-state index in [0.29, 0.717) is 36.9 Å². The molecule has 1 fully saturated rings. The fraction of sp³-hybridized carbons (Fsp3) is 0.600. The van der Waals surface area contributed by atoms with Crippen molar-refractivity contribution in [3.8, 4) is 0 Å². The Kier molecular flexibility index (Phi) is 7.27. The second kappa shape index (κ2) is 9.89. The third-order valence-corrected chi connectivity index (χ3v) is 4.92. The summed E-state index contributed by atoms with van der Waals surface area (Å²) in [5, 5.41) is 14.5. The number of carbonyl (C=O) groups excluding carboxylic acids is 1. The van der Waals surface area contributed by atoms with E-state index >= 15 is 0 Å². The van der Waals surface area contributed by atoms with E-state index in [9.17, 15) is 9.18 Å². The molecule has 1 aromatic carbocycles. The summed E-state index contributed by atoms with van der Waals surface area (Å²) in [4.78, 5) is 15.4. The summed E-state index contributed by atoms with van der Waals surface area (Å²) < 4.78 is 20.9. The molecule has 0 saturated carbocycles. The summed E-state index contributed by atoms with van der Waals surface area (Å²) >= 11 is 0. The maximum Gasteiger partial charge on any atom is 0.245 e. The zero-order chi connectivity index (χ0) is 20.8. The van der Waals surface area contributed by atoms with Crippen LogP contribution in [-0.4, -0.2) is 69.9 Å². The van der Waals surface area contributed by atoms with Gasteiger partial charge >= 0.3 is 0 Å². The highest BCUT2D eigenvalue weighted by atomic mass is 19.1. The first-order chi connectivity index (χ1) is 13.9. The highest BCUT2D eigenvalue weighted by Crippen LogP contribution is 2.16. The Hall–Kier alpha value is -2.39. The van der Waals surface area contributed by atoms with Crippen LogP contribution in [-0.2, 0) is 16.0 Å². The van der Waals surface area contributed by atoms with Crippen LogP contribution in [0, 0.1) is 18.7 Å². The van der Waals surface area contributed by atoms with Gasteiger partial charge in [-0.25, -0.2) is 9.07 Å². The molecule has 0 radical (unpaired) electrons. The van der Waals surface area contributed by atoms with Crippen molar-refractivity contribution in [2.45, 2.75) is 39.3 Å². The molecule has 1 amide bonds. The van der Waals surface area contributed by atoms with Crippen molar-refractivity contribution >= 4 is 5.91 Å². The molecule has 2 atom stereocenters. The van der Waals surface area contributed by atoms with Crippen LogP contribution in [0.2, 0.25) is 0 Å². The molecule has 9 heteroatoms. The highest BCUT2D eigenvalue weighted by molar-refractivity contribution is 5.80. The van der Waals surface area contributed by atoms with E-state index in [2.05, 4.69) is 39.6 Å². The Morgan fingerprint density at radius 2 is 2.24 bits per heavy atom. The van der Waals surface area contributed by atoms with E-state index in [1.165, 1.54) is 16.8 Å². The molecule has 29 heavy (non-hydrogen) atoms. The van der Waals surface area contributed by atoms with E-state index in [1.54, 1.807) is 19.1 Å². The summed E-state index contributed by atoms with van der Waals surface area (Å²) in [6, 6.07) is 5.56. The number of nitrogens with one attached hydrogen (secondary N) is 1. The predicted octanol–water partition coefficient (Wildman–Crippen LogP) is 1.38. The van der Waals surface area contributed by atoms with E-state index < -0.39 is 6.04 Å². The predicted molar refractivity (Wildman–Crippen MR) is 106 cm³/mol. The first-order valence-corrected chi connectivity index (χ1v) is 10.0. The lowest BCUT2D eigenvalue weighted by Gasteiger charge is -2.34. The second-order valence-corrected chi connectivity index (χ2v) is 7.91. The minimum atomic E-state index is -0.665. The lowest BCUT2D eigenvalue weighted by atomic mass is 10.0. The Balaban J connectivity index is 1.65. The molecule has 0 aliphatic carbocycles. The number of halogens is 1. The first-order valence-electron chi connectivity index (χ1n) is 10.0. The van der Waals surface area contributed by atoms with Gasteiger partial charge in [0.05, 0.1) is 12.7 Å². The number of carbonyl (C=O) groups is 1. The van der Waals surface area contributed by atoms with Crippen molar-refractivity contribution in [2.75, 3.05) is 32.8 Å². The summed E-state index contributed by atoms with van der Waals surface area (Å²) in [6.07, 6.45) is 0.233. The molecule has 2 aromatic rings. The topological polar surface area (TPSA) is 85.2 Å². The van der Waals surface area contributed by atoms with Gasteiger partial charge in [0.25, 0.3) is 0 Å². The van der Waals surface area contributed by atoms with Crippen LogP contribution < -0.4 is 5.32 Å². The second-order valence-electron chi connectivity index (χ2n) is 7.91. The van der Waals surface area contributed by atoms with Crippen molar-refractivity contribution in [1.82, 2.24) is 30.4 Å². The SMILES string of the molecule is Cc1nnnn1C(Cc1cccc(F)c1)C(=O)NCC1CN(CC(C)C)CCO1. The van der Waals surface area contributed by atoms with Crippen LogP contribution in [0.5, 0.6) is 0 Å². The van der Waals surface area contributed by atoms with Crippen molar-refractivity contribution in [3.63, 3.8) is 0 Å². The smallest absolute Gasteiger partial charge is 0.245 e. The van der Waals surface area contributed by atoms with Gasteiger partial charge in [-0.15, -0.1) is 5.10 Å². The Morgan fingerprint density at radius 3 is 2.93 bits per heavy atom. The number of aromatic nitrogens is 4. The third kappa shape index (κ3) is 6.04. The summed E-state index contributed by atoms with van der Waals surface area (Å²) in [5.41, 5.74) is 0.706. The normalized spacial score (nSPS) is 18.7. The fourth-order valence-corrected chi connectivity index (χ4v) is 3.62. The Bertz CT molecular complexity index is 812. The zero-order valence-electron chi connectivity index (χ0n) is 17.2. The number of morpholine rings is 1. The maximum atomic E-state index is 13.6. The molecule has 1 aliphatic rings. The molecule has 1 aromatic heterocycles. The molecule has 3 rings (SSSR count). The summed E-state index contributed by atoms with van der Waals surface area (Å²) in [7, 11) is 0. The third-order valence-electron chi connectivity index (χ3n) is 4.92. The van der Waals surface area contributed by atoms with Gasteiger partial charge in [-0.3, -0.25) is 9.69 Å². The molecule has 0 spiro atoms. The summed E-state index contributed by atoms with van der Waals surface area (Å²) in [5.74, 6) is 0.561. The molecular weight excluding hydrogens is 375 g/mol. The van der Waals surface area contributed by atoms with Gasteiger partial charge in [0, 0.05) is 32.6 Å². The van der Waals surface area contributed by atoms with Crippen molar-refractivity contribution in [2.24, 2.45) is 5.92 Å². The van der Waals surface area contributed by atoms with Crippen LogP contribution >= 0.6 is 0 Å². The fourth-order valence-electron chi connectivity index (χ4n) is 3.62. The number of rotatable bonds is 8. The monoisotopic (exact) mass is 404 g/mol. The minimum absolute atomic E-state index is 0.0590. The average molecular weight is 404 g/mol. The van der Waals surface area contributed by atoms with Gasteiger partial charge in [-0.1, -0.05) is 26.0 Å². The lowest BCUT2D eigenvalue weighted by molar-refractivity contribution is -0.126. The van der Waals surface area contributed by atoms with Gasteiger partial charge < -0.3 is 10.1 Å². The molecule has 2 unspecified atom stereocenters. The number of hydrogen-bond donors (Lipinski definition) is 1. The van der Waals surface area contributed by atoms with Crippen molar-refractivity contribution < 1.29 is 13.9 Å². The quantitative estimate of drug-likeness (QED) is 0.716. The molecule has 158 valence electrons. The molecule has 1 N–H and O–H groups in total. The number of aryl methyl sites for hydroxylation is 1. The lowest BCUT2D eigenvalue weighted by Crippen LogP contribution is -2.49. The Morgan fingerprint density at radius 1 is 1.41 bits per heavy atom. The van der Waals surface area contributed by atoms with E-state index in [-0.39, 0.29) is 17.8 Å². The van der Waals surface area contributed by atoms with Crippen LogP contribution in [0.4, 0.5) is 4.39 Å². The number of amides is 1. The molecule has 1 aliphatic heterocycles. The maximum absolute atomic E-state index is 13.6. The number of hydrogen-bond acceptors (Lipinski definition) is 6. The molecular formula is C20H29FN6O2. The van der Waals surface area contributed by atoms with E-state index in [1.807, 2.05) is 0 Å². The molecule has 2 heterocycles. The molecule has 1 saturated heterocycles. The van der Waals surface area contributed by atoms with E-state index in [0.717, 1.165) is 19.6 Å². The van der Waals surface area contributed by atoms with Crippen LogP contribution in [0.25, 0.3) is 0 Å². The number of benzene rings is 1. The number of tetrazole rings is 1. The molecule has 8 nitrogen and oxygen atoms in total. The van der Waals surface area contributed by atoms with E-state index in [4.69, 9.17) is 4.74 Å². The van der Waals surface area contributed by atoms with Crippen molar-refractivity contribution in [3.05, 3.63) is 41.5 Å². The first kappa shape index (κ1) is 21.3. The highest BCUT2D eigenvalue weighted by Gasteiger charge is 2.27. The molecule has 0 bridgehead atoms.